The zero-order valence-electron chi connectivity index (χ0n) is 10.9. The summed E-state index contributed by atoms with van der Waals surface area (Å²) in [5.74, 6) is 0.922. The highest BCUT2D eigenvalue weighted by Crippen LogP contribution is 2.09. The molecule has 0 aliphatic carbocycles. The van der Waals surface area contributed by atoms with E-state index in [1.807, 2.05) is 43.5 Å². The summed E-state index contributed by atoms with van der Waals surface area (Å²) in [7, 11) is 2.08. The first-order chi connectivity index (χ1) is 8.75. The number of para-hydroxylation sites is 1. The van der Waals surface area contributed by atoms with Gasteiger partial charge in [0.15, 0.2) is 0 Å². The molecule has 1 heterocycles. The highest BCUT2D eigenvalue weighted by atomic mass is 16.5. The van der Waals surface area contributed by atoms with Crippen LogP contribution in [0.15, 0.2) is 36.5 Å². The van der Waals surface area contributed by atoms with E-state index in [1.165, 1.54) is 5.56 Å². The third kappa shape index (κ3) is 3.60. The summed E-state index contributed by atoms with van der Waals surface area (Å²) in [4.78, 5) is 2.22. The van der Waals surface area contributed by atoms with Gasteiger partial charge < -0.3 is 4.74 Å². The molecular formula is C14H19N3O. The summed E-state index contributed by atoms with van der Waals surface area (Å²) in [6.45, 7) is 4.51. The van der Waals surface area contributed by atoms with Crippen LogP contribution in [0.4, 0.5) is 0 Å². The van der Waals surface area contributed by atoms with Gasteiger partial charge in [-0.15, -0.1) is 0 Å². The normalized spacial score (nSPS) is 10.8. The van der Waals surface area contributed by atoms with Crippen molar-refractivity contribution < 1.29 is 4.74 Å². The van der Waals surface area contributed by atoms with Gasteiger partial charge in [-0.2, -0.15) is 5.10 Å². The van der Waals surface area contributed by atoms with Gasteiger partial charge in [0.05, 0.1) is 6.20 Å². The molecule has 0 saturated carbocycles. The van der Waals surface area contributed by atoms with Crippen LogP contribution in [0, 0.1) is 6.92 Å². The van der Waals surface area contributed by atoms with E-state index < -0.39 is 0 Å². The van der Waals surface area contributed by atoms with Crippen LogP contribution in [0.5, 0.6) is 5.75 Å². The van der Waals surface area contributed by atoms with Gasteiger partial charge in [-0.05, 0) is 26.1 Å². The quantitative estimate of drug-likeness (QED) is 0.848. The largest absolute Gasteiger partial charge is 0.492 e. The lowest BCUT2D eigenvalue weighted by atomic mass is 10.2. The number of likely N-dealkylation sites (N-methyl/N-ethyl adjacent to an activating group) is 1. The molecule has 1 aromatic heterocycles. The van der Waals surface area contributed by atoms with E-state index in [4.69, 9.17) is 4.74 Å². The Morgan fingerprint density at radius 3 is 2.72 bits per heavy atom. The van der Waals surface area contributed by atoms with E-state index in [-0.39, 0.29) is 0 Å². The molecule has 96 valence electrons. The Labute approximate surface area is 108 Å². The van der Waals surface area contributed by atoms with E-state index in [2.05, 4.69) is 22.1 Å². The van der Waals surface area contributed by atoms with Crippen molar-refractivity contribution >= 4 is 0 Å². The Hall–Kier alpha value is -1.81. The zero-order chi connectivity index (χ0) is 12.8. The minimum Gasteiger partial charge on any atom is -0.492 e. The number of hydrogen-bond donors (Lipinski definition) is 1. The van der Waals surface area contributed by atoms with Gasteiger partial charge in [0.25, 0.3) is 0 Å². The third-order valence-electron chi connectivity index (χ3n) is 2.86. The van der Waals surface area contributed by atoms with E-state index in [9.17, 15) is 0 Å². The molecule has 0 saturated heterocycles. The predicted octanol–water partition coefficient (Wildman–Crippen LogP) is 2.23. The fourth-order valence-electron chi connectivity index (χ4n) is 1.74. The lowest BCUT2D eigenvalue weighted by Gasteiger charge is -2.16. The number of ether oxygens (including phenoxy) is 1. The number of benzene rings is 1. The maximum Gasteiger partial charge on any atom is 0.119 e. The maximum absolute atomic E-state index is 5.66. The summed E-state index contributed by atoms with van der Waals surface area (Å²) in [5, 5.41) is 6.97. The number of H-pyrrole nitrogens is 1. The lowest BCUT2D eigenvalue weighted by Crippen LogP contribution is -2.24. The van der Waals surface area contributed by atoms with E-state index in [0.717, 1.165) is 24.5 Å². The molecule has 0 unspecified atom stereocenters. The van der Waals surface area contributed by atoms with Gasteiger partial charge in [0.1, 0.15) is 12.4 Å². The van der Waals surface area contributed by atoms with Gasteiger partial charge in [-0.1, -0.05) is 18.2 Å². The van der Waals surface area contributed by atoms with Crippen molar-refractivity contribution in [3.8, 4) is 5.75 Å². The summed E-state index contributed by atoms with van der Waals surface area (Å²) in [6, 6.07) is 9.89. The van der Waals surface area contributed by atoms with Crippen LogP contribution in [0.25, 0.3) is 0 Å². The minimum atomic E-state index is 0.692. The lowest BCUT2D eigenvalue weighted by molar-refractivity contribution is 0.232. The summed E-state index contributed by atoms with van der Waals surface area (Å²) in [6.07, 6.45) is 1.88. The fraction of sp³-hybridized carbons (Fsp3) is 0.357. The second kappa shape index (κ2) is 6.21. The smallest absolute Gasteiger partial charge is 0.119 e. The number of nitrogens with one attached hydrogen (secondary N) is 1. The van der Waals surface area contributed by atoms with E-state index in [0.29, 0.717) is 6.61 Å². The summed E-state index contributed by atoms with van der Waals surface area (Å²) in [5.41, 5.74) is 2.36. The molecule has 0 aliphatic rings. The summed E-state index contributed by atoms with van der Waals surface area (Å²) >= 11 is 0. The van der Waals surface area contributed by atoms with Gasteiger partial charge in [0, 0.05) is 24.3 Å². The van der Waals surface area contributed by atoms with Crippen molar-refractivity contribution in [2.75, 3.05) is 20.2 Å². The first kappa shape index (κ1) is 12.6. The van der Waals surface area contributed by atoms with Crippen LogP contribution >= 0.6 is 0 Å². The fourth-order valence-corrected chi connectivity index (χ4v) is 1.74. The molecule has 0 fully saturated rings. The molecule has 0 radical (unpaired) electrons. The highest BCUT2D eigenvalue weighted by Gasteiger charge is 2.04. The van der Waals surface area contributed by atoms with Gasteiger partial charge in [-0.25, -0.2) is 0 Å². The molecule has 1 N–H and O–H groups in total. The number of hydrogen-bond acceptors (Lipinski definition) is 3. The summed E-state index contributed by atoms with van der Waals surface area (Å²) < 4.78 is 5.66. The SMILES string of the molecule is Cc1[nH]ncc1CN(C)CCOc1ccccc1. The van der Waals surface area contributed by atoms with Crippen molar-refractivity contribution in [3.63, 3.8) is 0 Å². The molecule has 2 rings (SSSR count). The molecule has 0 amide bonds. The Morgan fingerprint density at radius 2 is 2.06 bits per heavy atom. The van der Waals surface area contributed by atoms with Gasteiger partial charge in [0.2, 0.25) is 0 Å². The van der Waals surface area contributed by atoms with Crippen LogP contribution in [0.1, 0.15) is 11.3 Å². The molecule has 1 aromatic carbocycles. The molecule has 0 aliphatic heterocycles. The Morgan fingerprint density at radius 1 is 1.28 bits per heavy atom. The van der Waals surface area contributed by atoms with Crippen LogP contribution in [-0.4, -0.2) is 35.3 Å². The van der Waals surface area contributed by atoms with Gasteiger partial charge in [-0.3, -0.25) is 10.00 Å². The Bertz CT molecular complexity index is 467. The second-order valence-electron chi connectivity index (χ2n) is 4.42. The topological polar surface area (TPSA) is 41.2 Å². The third-order valence-corrected chi connectivity index (χ3v) is 2.86. The van der Waals surface area contributed by atoms with Crippen LogP contribution in [-0.2, 0) is 6.54 Å². The van der Waals surface area contributed by atoms with E-state index >= 15 is 0 Å². The van der Waals surface area contributed by atoms with Gasteiger partial charge >= 0.3 is 0 Å². The number of rotatable bonds is 6. The van der Waals surface area contributed by atoms with E-state index in [1.54, 1.807) is 0 Å². The van der Waals surface area contributed by atoms with Crippen molar-refractivity contribution in [1.29, 1.82) is 0 Å². The average Bonchev–Trinajstić information content (AvgIpc) is 2.76. The molecule has 0 atom stereocenters. The maximum atomic E-state index is 5.66. The monoisotopic (exact) mass is 245 g/mol. The highest BCUT2D eigenvalue weighted by molar-refractivity contribution is 5.20. The molecular weight excluding hydrogens is 226 g/mol. The molecule has 2 aromatic rings. The van der Waals surface area contributed by atoms with Crippen molar-refractivity contribution in [3.05, 3.63) is 47.8 Å². The van der Waals surface area contributed by atoms with Crippen LogP contribution < -0.4 is 4.74 Å². The van der Waals surface area contributed by atoms with Crippen molar-refractivity contribution in [1.82, 2.24) is 15.1 Å². The molecule has 4 heteroatoms. The zero-order valence-corrected chi connectivity index (χ0v) is 10.9. The van der Waals surface area contributed by atoms with Crippen LogP contribution in [0.2, 0.25) is 0 Å². The minimum absolute atomic E-state index is 0.692. The van der Waals surface area contributed by atoms with Crippen LogP contribution in [0.3, 0.4) is 0 Å². The Kier molecular flexibility index (Phi) is 4.36. The standard InChI is InChI=1S/C14H19N3O/c1-12-13(10-15-16-12)11-17(2)8-9-18-14-6-4-3-5-7-14/h3-7,10H,8-9,11H2,1-2H3,(H,15,16). The molecule has 18 heavy (non-hydrogen) atoms. The van der Waals surface area contributed by atoms with Crippen molar-refractivity contribution in [2.24, 2.45) is 0 Å². The Balaban J connectivity index is 1.72. The number of aryl methyl sites for hydroxylation is 1. The number of aromatic amines is 1. The first-order valence-corrected chi connectivity index (χ1v) is 6.11. The molecule has 0 bridgehead atoms. The average molecular weight is 245 g/mol. The number of nitrogens with zero attached hydrogens (tertiary/aromatic N) is 2. The predicted molar refractivity (Wildman–Crippen MR) is 71.6 cm³/mol. The number of aromatic nitrogens is 2. The second-order valence-corrected chi connectivity index (χ2v) is 4.42. The molecule has 0 spiro atoms. The van der Waals surface area contributed by atoms with Crippen molar-refractivity contribution in [2.45, 2.75) is 13.5 Å². The first-order valence-electron chi connectivity index (χ1n) is 6.11. The molecule has 4 nitrogen and oxygen atoms in total.